The molecule has 9 heteroatoms. The molecule has 5 rings (SSSR count). The summed E-state index contributed by atoms with van der Waals surface area (Å²) in [6.07, 6.45) is 0. The van der Waals surface area contributed by atoms with Crippen molar-refractivity contribution in [1.82, 2.24) is 14.8 Å². The highest BCUT2D eigenvalue weighted by atomic mass is 35.5. The van der Waals surface area contributed by atoms with Gasteiger partial charge in [0.05, 0.1) is 16.3 Å². The van der Waals surface area contributed by atoms with Crippen LogP contribution in [0, 0.1) is 17.0 Å². The summed E-state index contributed by atoms with van der Waals surface area (Å²) in [6.45, 7) is 2.36. The third-order valence-corrected chi connectivity index (χ3v) is 5.39. The van der Waals surface area contributed by atoms with Crippen molar-refractivity contribution >= 4 is 34.6 Å². The van der Waals surface area contributed by atoms with Crippen LogP contribution in [0.2, 0.25) is 10.0 Å². The second kappa shape index (κ2) is 9.30. The van der Waals surface area contributed by atoms with Crippen molar-refractivity contribution in [3.63, 3.8) is 0 Å². The fourth-order valence-corrected chi connectivity index (χ4v) is 3.78. The fourth-order valence-electron chi connectivity index (χ4n) is 3.38. The van der Waals surface area contributed by atoms with Gasteiger partial charge < -0.3 is 0 Å². The minimum Gasteiger partial charge on any atom is -0.281 e. The van der Waals surface area contributed by atoms with Crippen LogP contribution in [-0.2, 0) is 6.54 Å². The predicted molar refractivity (Wildman–Crippen MR) is 125 cm³/mol. The maximum Gasteiger partial charge on any atom is 0.269 e. The SMILES string of the molecule is Cc1nnc2n1-c1ccc(Cl)cc1C(c1ccccc1Cl)=NC2.O=[N+]([O-])c1ccccc1. The van der Waals surface area contributed by atoms with Crippen molar-refractivity contribution in [2.75, 3.05) is 0 Å². The quantitative estimate of drug-likeness (QED) is 0.275. The number of hydrogen-bond donors (Lipinski definition) is 0. The Bertz CT molecular complexity index is 1320. The summed E-state index contributed by atoms with van der Waals surface area (Å²) in [5.74, 6) is 1.62. The van der Waals surface area contributed by atoms with E-state index >= 15 is 0 Å². The summed E-state index contributed by atoms with van der Waals surface area (Å²) >= 11 is 12.6. The molecule has 7 nitrogen and oxygen atoms in total. The van der Waals surface area contributed by atoms with E-state index in [2.05, 4.69) is 10.2 Å². The first kappa shape index (κ1) is 21.7. The molecule has 3 aromatic carbocycles. The number of hydrogen-bond acceptors (Lipinski definition) is 5. The Labute approximate surface area is 194 Å². The van der Waals surface area contributed by atoms with E-state index in [0.29, 0.717) is 16.6 Å². The highest BCUT2D eigenvalue weighted by molar-refractivity contribution is 6.36. The molecule has 0 saturated heterocycles. The van der Waals surface area contributed by atoms with Crippen molar-refractivity contribution in [2.45, 2.75) is 13.5 Å². The molecule has 2 heterocycles. The lowest BCUT2D eigenvalue weighted by Crippen LogP contribution is -2.08. The van der Waals surface area contributed by atoms with Gasteiger partial charge in [0.2, 0.25) is 0 Å². The lowest BCUT2D eigenvalue weighted by Gasteiger charge is -2.13. The van der Waals surface area contributed by atoms with Crippen LogP contribution in [0.5, 0.6) is 0 Å². The molecule has 0 saturated carbocycles. The van der Waals surface area contributed by atoms with Gasteiger partial charge in [-0.3, -0.25) is 19.7 Å². The van der Waals surface area contributed by atoms with Crippen molar-refractivity contribution in [2.24, 2.45) is 4.99 Å². The number of fused-ring (bicyclic) bond motifs is 3. The highest BCUT2D eigenvalue weighted by Crippen LogP contribution is 2.30. The number of aromatic nitrogens is 3. The second-order valence-corrected chi connectivity index (χ2v) is 7.74. The minimum absolute atomic E-state index is 0.137. The monoisotopic (exact) mass is 465 g/mol. The molecular weight excluding hydrogens is 449 g/mol. The first-order valence-electron chi connectivity index (χ1n) is 9.65. The van der Waals surface area contributed by atoms with Crippen molar-refractivity contribution < 1.29 is 4.92 Å². The van der Waals surface area contributed by atoms with Crippen LogP contribution in [0.15, 0.2) is 77.8 Å². The summed E-state index contributed by atoms with van der Waals surface area (Å²) in [5, 5.41) is 19.7. The third-order valence-electron chi connectivity index (χ3n) is 4.82. The van der Waals surface area contributed by atoms with Gasteiger partial charge in [0.1, 0.15) is 12.4 Å². The van der Waals surface area contributed by atoms with E-state index in [4.69, 9.17) is 28.2 Å². The van der Waals surface area contributed by atoms with Crippen LogP contribution in [-0.4, -0.2) is 25.4 Å². The molecule has 1 aliphatic rings. The minimum atomic E-state index is -0.417. The van der Waals surface area contributed by atoms with Gasteiger partial charge in [0, 0.05) is 33.3 Å². The topological polar surface area (TPSA) is 86.2 Å². The number of aryl methyl sites for hydroxylation is 1. The van der Waals surface area contributed by atoms with E-state index < -0.39 is 4.92 Å². The van der Waals surface area contributed by atoms with Gasteiger partial charge in [-0.1, -0.05) is 59.6 Å². The van der Waals surface area contributed by atoms with Crippen LogP contribution in [0.3, 0.4) is 0 Å². The average molecular weight is 466 g/mol. The zero-order valence-electron chi connectivity index (χ0n) is 16.9. The van der Waals surface area contributed by atoms with Gasteiger partial charge >= 0.3 is 0 Å². The lowest BCUT2D eigenvalue weighted by atomic mass is 10.0. The average Bonchev–Trinajstić information content (AvgIpc) is 3.08. The third kappa shape index (κ3) is 4.39. The number of nitro groups is 1. The maximum atomic E-state index is 10.0. The Morgan fingerprint density at radius 3 is 2.34 bits per heavy atom. The van der Waals surface area contributed by atoms with Crippen molar-refractivity contribution in [1.29, 1.82) is 0 Å². The van der Waals surface area contributed by atoms with Crippen LogP contribution in [0.1, 0.15) is 22.8 Å². The van der Waals surface area contributed by atoms with E-state index in [9.17, 15) is 10.1 Å². The largest absolute Gasteiger partial charge is 0.281 e. The van der Waals surface area contributed by atoms with E-state index in [-0.39, 0.29) is 5.69 Å². The molecule has 0 N–H and O–H groups in total. The Kier molecular flexibility index (Phi) is 6.30. The van der Waals surface area contributed by atoms with Gasteiger partial charge in [-0.05, 0) is 31.2 Å². The summed E-state index contributed by atoms with van der Waals surface area (Å²) in [5.41, 5.74) is 3.72. The number of aliphatic imine (C=N–C) groups is 1. The molecule has 0 unspecified atom stereocenters. The first-order chi connectivity index (χ1) is 15.5. The number of halogens is 2. The van der Waals surface area contributed by atoms with Crippen LogP contribution in [0.25, 0.3) is 5.69 Å². The standard InChI is InChI=1S/C17H12Cl2N4.C6H5NO2/c1-10-21-22-16-9-20-17(12-4-2-3-5-14(12)19)13-8-11(18)6-7-15(13)23(10)16;8-7(9)6-4-2-1-3-5-6/h2-8H,9H2,1H3;1-5H. The first-order valence-corrected chi connectivity index (χ1v) is 10.4. The molecule has 0 radical (unpaired) electrons. The normalized spacial score (nSPS) is 11.9. The van der Waals surface area contributed by atoms with Gasteiger partial charge in [0.15, 0.2) is 5.82 Å². The van der Waals surface area contributed by atoms with Crippen LogP contribution in [0.4, 0.5) is 5.69 Å². The molecule has 0 amide bonds. The number of para-hydroxylation sites is 1. The molecule has 160 valence electrons. The second-order valence-electron chi connectivity index (χ2n) is 6.90. The van der Waals surface area contributed by atoms with E-state index in [0.717, 1.165) is 34.2 Å². The number of rotatable bonds is 2. The Hall–Kier alpha value is -3.55. The summed E-state index contributed by atoms with van der Waals surface area (Å²) in [4.78, 5) is 14.3. The Morgan fingerprint density at radius 2 is 1.66 bits per heavy atom. The van der Waals surface area contributed by atoms with Gasteiger partial charge in [-0.25, -0.2) is 0 Å². The van der Waals surface area contributed by atoms with Gasteiger partial charge in [-0.2, -0.15) is 0 Å². The molecule has 0 atom stereocenters. The Morgan fingerprint density at radius 1 is 0.938 bits per heavy atom. The van der Waals surface area contributed by atoms with E-state index in [1.165, 1.54) is 12.1 Å². The van der Waals surface area contributed by atoms with E-state index in [1.807, 2.05) is 54.0 Å². The van der Waals surface area contributed by atoms with Gasteiger partial charge in [-0.15, -0.1) is 10.2 Å². The maximum absolute atomic E-state index is 10.0. The van der Waals surface area contributed by atoms with Crippen LogP contribution < -0.4 is 0 Å². The number of non-ortho nitro benzene ring substituents is 1. The van der Waals surface area contributed by atoms with Crippen molar-refractivity contribution in [3.05, 3.63) is 116 Å². The zero-order chi connectivity index (χ0) is 22.7. The number of nitrogens with zero attached hydrogens (tertiary/aromatic N) is 5. The molecule has 32 heavy (non-hydrogen) atoms. The smallest absolute Gasteiger partial charge is 0.269 e. The molecule has 1 aromatic heterocycles. The number of nitro benzene ring substituents is 1. The molecule has 0 spiro atoms. The molecule has 0 fully saturated rings. The lowest BCUT2D eigenvalue weighted by molar-refractivity contribution is -0.384. The molecule has 0 aliphatic carbocycles. The molecule has 4 aromatic rings. The summed E-state index contributed by atoms with van der Waals surface area (Å²) < 4.78 is 2.01. The number of benzene rings is 3. The summed E-state index contributed by atoms with van der Waals surface area (Å²) in [7, 11) is 0. The fraction of sp³-hybridized carbons (Fsp3) is 0.0870. The van der Waals surface area contributed by atoms with Gasteiger partial charge in [0.25, 0.3) is 5.69 Å². The predicted octanol–water partition coefficient (Wildman–Crippen LogP) is 5.83. The molecule has 0 bridgehead atoms. The highest BCUT2D eigenvalue weighted by Gasteiger charge is 2.22. The summed E-state index contributed by atoms with van der Waals surface area (Å²) in [6, 6.07) is 21.3. The molecular formula is C23H17Cl2N5O2. The van der Waals surface area contributed by atoms with E-state index in [1.54, 1.807) is 18.2 Å². The van der Waals surface area contributed by atoms with Crippen LogP contribution >= 0.6 is 23.2 Å². The zero-order valence-corrected chi connectivity index (χ0v) is 18.5. The molecule has 1 aliphatic heterocycles. The van der Waals surface area contributed by atoms with Crippen molar-refractivity contribution in [3.8, 4) is 5.69 Å². The Balaban J connectivity index is 0.000000230.